The fourth-order valence-corrected chi connectivity index (χ4v) is 4.67. The van der Waals surface area contributed by atoms with Crippen LogP contribution >= 0.6 is 0 Å². The van der Waals surface area contributed by atoms with E-state index in [1.165, 1.54) is 6.42 Å². The molecule has 0 aliphatic carbocycles. The smallest absolute Gasteiger partial charge is 0.0977 e. The maximum atomic E-state index is 13.3. The number of hydrogen-bond acceptors (Lipinski definition) is 1. The molecule has 2 heteroatoms. The standard InChI is InChI=1S/C17H35NO/c1-5-10-16(11-6-2)14-9-15-17(12-7-3,13-8-4)18(16)19/h18H,5-15H2,1-4H3. The Balaban J connectivity index is 3.00. The van der Waals surface area contributed by atoms with Crippen LogP contribution in [0.1, 0.15) is 98.3 Å². The van der Waals surface area contributed by atoms with Gasteiger partial charge in [-0.05, 0) is 6.42 Å². The van der Waals surface area contributed by atoms with Gasteiger partial charge in [0.15, 0.2) is 0 Å². The van der Waals surface area contributed by atoms with Gasteiger partial charge in [0.2, 0.25) is 0 Å². The molecule has 0 spiro atoms. The number of hydrogen-bond donors (Lipinski definition) is 1. The summed E-state index contributed by atoms with van der Waals surface area (Å²) in [6, 6.07) is 0. The molecule has 1 N–H and O–H groups in total. The third-order valence-electron chi connectivity index (χ3n) is 5.19. The molecule has 0 aromatic carbocycles. The Morgan fingerprint density at radius 1 is 0.737 bits per heavy atom. The van der Waals surface area contributed by atoms with E-state index in [9.17, 15) is 5.21 Å². The third kappa shape index (κ3) is 3.52. The molecule has 0 aromatic rings. The average Bonchev–Trinajstić information content (AvgIpc) is 2.37. The van der Waals surface area contributed by atoms with E-state index in [0.717, 1.165) is 64.2 Å². The summed E-state index contributed by atoms with van der Waals surface area (Å²) in [5, 5.41) is 14.0. The summed E-state index contributed by atoms with van der Waals surface area (Å²) in [5.41, 5.74) is 0.0676. The molecule has 1 rings (SSSR count). The molecule has 1 aliphatic heterocycles. The van der Waals surface area contributed by atoms with E-state index in [1.54, 1.807) is 0 Å². The Bertz CT molecular complexity index is 205. The second kappa shape index (κ2) is 7.64. The number of hydroxylamine groups is 2. The van der Waals surface area contributed by atoms with Crippen LogP contribution in [0.25, 0.3) is 0 Å². The van der Waals surface area contributed by atoms with Crippen LogP contribution in [0.2, 0.25) is 0 Å². The Kier molecular flexibility index (Phi) is 6.82. The summed E-state index contributed by atoms with van der Waals surface area (Å²) >= 11 is 0. The fourth-order valence-electron chi connectivity index (χ4n) is 4.67. The van der Waals surface area contributed by atoms with E-state index in [-0.39, 0.29) is 11.1 Å². The second-order valence-electron chi connectivity index (χ2n) is 6.74. The van der Waals surface area contributed by atoms with Crippen LogP contribution < -0.4 is 5.06 Å². The van der Waals surface area contributed by atoms with Crippen molar-refractivity contribution in [2.75, 3.05) is 0 Å². The minimum atomic E-state index is 0.0338. The van der Waals surface area contributed by atoms with E-state index in [4.69, 9.17) is 0 Å². The lowest BCUT2D eigenvalue weighted by Crippen LogP contribution is -3.24. The molecule has 0 bridgehead atoms. The van der Waals surface area contributed by atoms with Gasteiger partial charge in [-0.3, -0.25) is 0 Å². The Labute approximate surface area is 120 Å². The molecule has 0 atom stereocenters. The van der Waals surface area contributed by atoms with Crippen LogP contribution in [0.3, 0.4) is 0 Å². The number of rotatable bonds is 8. The Morgan fingerprint density at radius 3 is 1.32 bits per heavy atom. The molecular formula is C17H35NO. The molecule has 114 valence electrons. The maximum absolute atomic E-state index is 13.3. The van der Waals surface area contributed by atoms with Gasteiger partial charge in [0.05, 0.1) is 11.1 Å². The van der Waals surface area contributed by atoms with Crippen molar-refractivity contribution in [2.45, 2.75) is 109 Å². The lowest BCUT2D eigenvalue weighted by molar-refractivity contribution is -0.966. The lowest BCUT2D eigenvalue weighted by Gasteiger charge is -2.58. The Morgan fingerprint density at radius 2 is 1.05 bits per heavy atom. The summed E-state index contributed by atoms with van der Waals surface area (Å²) in [7, 11) is 0. The maximum Gasteiger partial charge on any atom is 0.0977 e. The summed E-state index contributed by atoms with van der Waals surface area (Å²) in [6.07, 6.45) is 12.7. The SMILES string of the molecule is CCCC1(CCC)CCCC(CCC)(CCC)[NH+]1[O-]. The lowest BCUT2D eigenvalue weighted by atomic mass is 9.71. The summed E-state index contributed by atoms with van der Waals surface area (Å²) in [6.45, 7) is 8.95. The van der Waals surface area contributed by atoms with Gasteiger partial charge < -0.3 is 10.3 Å². The summed E-state index contributed by atoms with van der Waals surface area (Å²) in [4.78, 5) is 0. The first kappa shape index (κ1) is 17.0. The molecule has 0 unspecified atom stereocenters. The largest absolute Gasteiger partial charge is 0.634 e. The van der Waals surface area contributed by atoms with E-state index >= 15 is 0 Å². The van der Waals surface area contributed by atoms with Gasteiger partial charge >= 0.3 is 0 Å². The molecular weight excluding hydrogens is 234 g/mol. The van der Waals surface area contributed by atoms with Crippen LogP contribution in [0.4, 0.5) is 0 Å². The van der Waals surface area contributed by atoms with E-state index < -0.39 is 0 Å². The minimum Gasteiger partial charge on any atom is -0.634 e. The van der Waals surface area contributed by atoms with Crippen LogP contribution in [-0.4, -0.2) is 11.1 Å². The number of quaternary nitrogens is 1. The zero-order valence-electron chi connectivity index (χ0n) is 13.7. The molecule has 0 aromatic heterocycles. The summed E-state index contributed by atoms with van der Waals surface area (Å²) in [5.74, 6) is 0. The van der Waals surface area contributed by atoms with Gasteiger partial charge in [0, 0.05) is 38.5 Å². The molecule has 0 saturated carbocycles. The highest BCUT2D eigenvalue weighted by Gasteiger charge is 2.49. The third-order valence-corrected chi connectivity index (χ3v) is 5.19. The zero-order valence-corrected chi connectivity index (χ0v) is 13.7. The van der Waals surface area contributed by atoms with Crippen molar-refractivity contribution in [3.63, 3.8) is 0 Å². The monoisotopic (exact) mass is 269 g/mol. The van der Waals surface area contributed by atoms with Crippen LogP contribution in [0.15, 0.2) is 0 Å². The highest BCUT2D eigenvalue weighted by molar-refractivity contribution is 4.91. The predicted octanol–water partition coefficient (Wildman–Crippen LogP) is 4.23. The fraction of sp³-hybridized carbons (Fsp3) is 1.00. The van der Waals surface area contributed by atoms with Crippen molar-refractivity contribution in [1.82, 2.24) is 0 Å². The molecule has 1 saturated heterocycles. The molecule has 0 radical (unpaired) electrons. The quantitative estimate of drug-likeness (QED) is 0.656. The van der Waals surface area contributed by atoms with Crippen LogP contribution in [0, 0.1) is 5.21 Å². The van der Waals surface area contributed by atoms with E-state index in [2.05, 4.69) is 27.7 Å². The molecule has 1 fully saturated rings. The number of nitrogens with one attached hydrogen (secondary N) is 1. The van der Waals surface area contributed by atoms with Gasteiger partial charge in [0.25, 0.3) is 0 Å². The van der Waals surface area contributed by atoms with Crippen LogP contribution in [0.5, 0.6) is 0 Å². The highest BCUT2D eigenvalue weighted by atomic mass is 16.5. The first-order valence-electron chi connectivity index (χ1n) is 8.65. The molecule has 2 nitrogen and oxygen atoms in total. The predicted molar refractivity (Wildman–Crippen MR) is 83.3 cm³/mol. The van der Waals surface area contributed by atoms with Crippen molar-refractivity contribution in [3.8, 4) is 0 Å². The first-order chi connectivity index (χ1) is 9.10. The minimum absolute atomic E-state index is 0.0338. The average molecular weight is 269 g/mol. The topological polar surface area (TPSA) is 27.5 Å². The van der Waals surface area contributed by atoms with Crippen molar-refractivity contribution in [3.05, 3.63) is 5.21 Å². The van der Waals surface area contributed by atoms with Crippen LogP contribution in [-0.2, 0) is 0 Å². The van der Waals surface area contributed by atoms with Crippen molar-refractivity contribution >= 4 is 0 Å². The van der Waals surface area contributed by atoms with Crippen molar-refractivity contribution in [1.29, 1.82) is 0 Å². The second-order valence-corrected chi connectivity index (χ2v) is 6.74. The molecule has 19 heavy (non-hydrogen) atoms. The zero-order chi connectivity index (χ0) is 14.4. The van der Waals surface area contributed by atoms with Gasteiger partial charge in [-0.2, -0.15) is 0 Å². The molecule has 1 aliphatic rings. The highest BCUT2D eigenvalue weighted by Crippen LogP contribution is 2.35. The van der Waals surface area contributed by atoms with Gasteiger partial charge in [0.1, 0.15) is 0 Å². The Hall–Kier alpha value is -0.0800. The van der Waals surface area contributed by atoms with E-state index in [0.29, 0.717) is 5.06 Å². The molecule has 0 amide bonds. The molecule has 1 heterocycles. The summed E-state index contributed by atoms with van der Waals surface area (Å²) < 4.78 is 0. The van der Waals surface area contributed by atoms with Gasteiger partial charge in [-0.15, -0.1) is 0 Å². The van der Waals surface area contributed by atoms with Crippen molar-refractivity contribution in [2.24, 2.45) is 0 Å². The normalized spacial score (nSPS) is 22.6. The number of piperidine rings is 1. The van der Waals surface area contributed by atoms with Crippen molar-refractivity contribution < 1.29 is 5.06 Å². The first-order valence-corrected chi connectivity index (χ1v) is 8.65. The van der Waals surface area contributed by atoms with Gasteiger partial charge in [-0.1, -0.05) is 53.4 Å². The van der Waals surface area contributed by atoms with Gasteiger partial charge in [-0.25, -0.2) is 0 Å². The van der Waals surface area contributed by atoms with E-state index in [1.807, 2.05) is 0 Å².